The van der Waals surface area contributed by atoms with Crippen molar-refractivity contribution in [2.45, 2.75) is 6.43 Å². The minimum Gasteiger partial charge on any atom is -0.369 e. The van der Waals surface area contributed by atoms with E-state index in [9.17, 15) is 13.2 Å². The van der Waals surface area contributed by atoms with Gasteiger partial charge in [0.1, 0.15) is 11.9 Å². The van der Waals surface area contributed by atoms with Gasteiger partial charge in [-0.15, -0.1) is 0 Å². The summed E-state index contributed by atoms with van der Waals surface area (Å²) in [6.07, 6.45) is -2.48. The molecule has 0 aliphatic heterocycles. The van der Waals surface area contributed by atoms with Gasteiger partial charge in [0.25, 0.3) is 6.43 Å². The summed E-state index contributed by atoms with van der Waals surface area (Å²) in [5.41, 5.74) is 0.232. The lowest BCUT2D eigenvalue weighted by Gasteiger charge is -2.18. The van der Waals surface area contributed by atoms with Crippen LogP contribution in [-0.4, -0.2) is 20.0 Å². The molecule has 5 heteroatoms. The minimum atomic E-state index is -2.48. The van der Waals surface area contributed by atoms with Crippen LogP contribution in [0.4, 0.5) is 18.9 Å². The van der Waals surface area contributed by atoms with Crippen molar-refractivity contribution >= 4 is 5.69 Å². The molecule has 0 aromatic heterocycles. The Kier molecular flexibility index (Phi) is 3.56. The zero-order chi connectivity index (χ0) is 11.4. The molecular weight excluding hydrogens is 205 g/mol. The van der Waals surface area contributed by atoms with E-state index in [1.165, 1.54) is 24.1 Å². The second-order valence-corrected chi connectivity index (χ2v) is 3.05. The van der Waals surface area contributed by atoms with Crippen molar-refractivity contribution in [3.63, 3.8) is 0 Å². The molecule has 0 saturated heterocycles. The molecule has 0 amide bonds. The van der Waals surface area contributed by atoms with Crippen molar-refractivity contribution in [3.8, 4) is 6.07 Å². The number of hydrogen-bond acceptors (Lipinski definition) is 2. The van der Waals surface area contributed by atoms with Gasteiger partial charge in [-0.25, -0.2) is 13.2 Å². The fourth-order valence-corrected chi connectivity index (χ4v) is 1.14. The van der Waals surface area contributed by atoms with E-state index in [0.717, 1.165) is 6.07 Å². The van der Waals surface area contributed by atoms with E-state index < -0.39 is 18.8 Å². The molecule has 0 unspecified atom stereocenters. The Hall–Kier alpha value is -1.70. The zero-order valence-electron chi connectivity index (χ0n) is 8.04. The molecule has 0 spiro atoms. The normalized spacial score (nSPS) is 10.1. The molecule has 0 heterocycles. The molecule has 0 atom stereocenters. The lowest BCUT2D eigenvalue weighted by atomic mass is 10.2. The quantitative estimate of drug-likeness (QED) is 0.772. The molecule has 80 valence electrons. The van der Waals surface area contributed by atoms with E-state index in [2.05, 4.69) is 0 Å². The van der Waals surface area contributed by atoms with Gasteiger partial charge in [-0.1, -0.05) is 0 Å². The van der Waals surface area contributed by atoms with Crippen LogP contribution in [-0.2, 0) is 0 Å². The summed E-state index contributed by atoms with van der Waals surface area (Å²) >= 11 is 0. The molecule has 1 aromatic rings. The van der Waals surface area contributed by atoms with Gasteiger partial charge in [-0.05, 0) is 18.2 Å². The first-order valence-corrected chi connectivity index (χ1v) is 4.23. The largest absolute Gasteiger partial charge is 0.369 e. The van der Waals surface area contributed by atoms with Crippen molar-refractivity contribution < 1.29 is 13.2 Å². The molecule has 1 rings (SSSR count). The number of nitriles is 1. The van der Waals surface area contributed by atoms with Crippen LogP contribution in [0, 0.1) is 17.1 Å². The van der Waals surface area contributed by atoms with E-state index in [4.69, 9.17) is 5.26 Å². The van der Waals surface area contributed by atoms with Crippen LogP contribution < -0.4 is 4.90 Å². The summed E-state index contributed by atoms with van der Waals surface area (Å²) in [6.45, 7) is -0.467. The van der Waals surface area contributed by atoms with Gasteiger partial charge >= 0.3 is 0 Å². The van der Waals surface area contributed by atoms with E-state index in [1.54, 1.807) is 6.07 Å². The van der Waals surface area contributed by atoms with Crippen molar-refractivity contribution in [2.75, 3.05) is 18.5 Å². The maximum absolute atomic E-state index is 13.1. The highest BCUT2D eigenvalue weighted by Crippen LogP contribution is 2.17. The molecule has 0 saturated carbocycles. The molecular formula is C10H9F3N2. The Labute approximate surface area is 85.5 Å². The highest BCUT2D eigenvalue weighted by molar-refractivity contribution is 5.49. The van der Waals surface area contributed by atoms with Gasteiger partial charge < -0.3 is 4.90 Å². The summed E-state index contributed by atoms with van der Waals surface area (Å²) < 4.78 is 37.2. The number of hydrogen-bond donors (Lipinski definition) is 0. The number of anilines is 1. The minimum absolute atomic E-state index is 0.0933. The molecule has 0 N–H and O–H groups in total. The van der Waals surface area contributed by atoms with Crippen LogP contribution in [0.1, 0.15) is 5.56 Å². The Morgan fingerprint density at radius 1 is 1.47 bits per heavy atom. The van der Waals surface area contributed by atoms with Gasteiger partial charge in [0.05, 0.1) is 12.1 Å². The topological polar surface area (TPSA) is 27.0 Å². The molecule has 0 bridgehead atoms. The maximum Gasteiger partial charge on any atom is 0.255 e. The van der Waals surface area contributed by atoms with Crippen LogP contribution >= 0.6 is 0 Å². The molecule has 1 aromatic carbocycles. The van der Waals surface area contributed by atoms with Crippen molar-refractivity contribution in [1.82, 2.24) is 0 Å². The highest BCUT2D eigenvalue weighted by Gasteiger charge is 2.10. The number of halogens is 3. The Bertz CT molecular complexity index is 385. The summed E-state index contributed by atoms with van der Waals surface area (Å²) in [7, 11) is 1.44. The highest BCUT2D eigenvalue weighted by atomic mass is 19.3. The van der Waals surface area contributed by atoms with Crippen LogP contribution in [0.25, 0.3) is 0 Å². The average molecular weight is 214 g/mol. The van der Waals surface area contributed by atoms with Crippen LogP contribution in [0.2, 0.25) is 0 Å². The van der Waals surface area contributed by atoms with E-state index in [-0.39, 0.29) is 5.56 Å². The first kappa shape index (κ1) is 11.4. The second kappa shape index (κ2) is 4.69. The van der Waals surface area contributed by atoms with Gasteiger partial charge in [0, 0.05) is 12.7 Å². The van der Waals surface area contributed by atoms with E-state index in [1.807, 2.05) is 0 Å². The predicted octanol–water partition coefficient (Wildman–Crippen LogP) is 2.40. The molecule has 0 aliphatic carbocycles. The maximum atomic E-state index is 13.1. The first-order valence-electron chi connectivity index (χ1n) is 4.23. The van der Waals surface area contributed by atoms with E-state index >= 15 is 0 Å². The lowest BCUT2D eigenvalue weighted by molar-refractivity contribution is 0.156. The van der Waals surface area contributed by atoms with Crippen LogP contribution in [0.15, 0.2) is 18.2 Å². The van der Waals surface area contributed by atoms with E-state index in [0.29, 0.717) is 5.69 Å². The van der Waals surface area contributed by atoms with Gasteiger partial charge in [0.2, 0.25) is 0 Å². The molecule has 0 aliphatic rings. The molecule has 15 heavy (non-hydrogen) atoms. The SMILES string of the molecule is CN(CC(F)F)c1ccc(C#N)c(F)c1. The Morgan fingerprint density at radius 2 is 2.13 bits per heavy atom. The fraction of sp³-hybridized carbons (Fsp3) is 0.300. The van der Waals surface area contributed by atoms with Gasteiger partial charge in [-0.2, -0.15) is 5.26 Å². The Morgan fingerprint density at radius 3 is 2.60 bits per heavy atom. The summed E-state index contributed by atoms with van der Waals surface area (Å²) in [4.78, 5) is 1.23. The number of benzene rings is 1. The molecule has 0 fully saturated rings. The van der Waals surface area contributed by atoms with Crippen LogP contribution in [0.3, 0.4) is 0 Å². The number of nitrogens with zero attached hydrogens (tertiary/aromatic N) is 2. The smallest absolute Gasteiger partial charge is 0.255 e. The summed E-state index contributed by atoms with van der Waals surface area (Å²) in [5.74, 6) is -0.698. The third kappa shape index (κ3) is 2.88. The van der Waals surface area contributed by atoms with Crippen molar-refractivity contribution in [1.29, 1.82) is 5.26 Å². The zero-order valence-corrected chi connectivity index (χ0v) is 8.04. The predicted molar refractivity (Wildman–Crippen MR) is 50.4 cm³/mol. The molecule has 2 nitrogen and oxygen atoms in total. The monoisotopic (exact) mass is 214 g/mol. The van der Waals surface area contributed by atoms with Crippen molar-refractivity contribution in [3.05, 3.63) is 29.6 Å². The number of rotatable bonds is 3. The third-order valence-corrected chi connectivity index (χ3v) is 1.93. The second-order valence-electron chi connectivity index (χ2n) is 3.05. The molecule has 0 radical (unpaired) electrons. The van der Waals surface area contributed by atoms with Gasteiger partial charge in [-0.3, -0.25) is 0 Å². The van der Waals surface area contributed by atoms with Crippen LogP contribution in [0.5, 0.6) is 0 Å². The standard InChI is InChI=1S/C10H9F3N2/c1-15(6-10(12)13)8-3-2-7(5-14)9(11)4-8/h2-4,10H,6H2,1H3. The number of alkyl halides is 2. The van der Waals surface area contributed by atoms with Crippen molar-refractivity contribution in [2.24, 2.45) is 0 Å². The third-order valence-electron chi connectivity index (χ3n) is 1.93. The Balaban J connectivity index is 2.88. The summed E-state index contributed by atoms with van der Waals surface area (Å²) in [6, 6.07) is 5.44. The summed E-state index contributed by atoms with van der Waals surface area (Å²) in [5, 5.41) is 8.47. The lowest BCUT2D eigenvalue weighted by Crippen LogP contribution is -2.24. The average Bonchev–Trinajstić information content (AvgIpc) is 2.16. The first-order chi connectivity index (χ1) is 7.04. The van der Waals surface area contributed by atoms with Gasteiger partial charge in [0.15, 0.2) is 0 Å². The fourth-order valence-electron chi connectivity index (χ4n) is 1.14.